The lowest BCUT2D eigenvalue weighted by molar-refractivity contribution is -0.138. The number of amides is 1. The van der Waals surface area contributed by atoms with Gasteiger partial charge in [0.25, 0.3) is 0 Å². The number of carboxylic acids is 1. The zero-order valence-electron chi connectivity index (χ0n) is 19.1. The van der Waals surface area contributed by atoms with E-state index >= 15 is 0 Å². The van der Waals surface area contributed by atoms with Crippen LogP contribution in [0.1, 0.15) is 42.5 Å². The number of halogens is 1. The number of aliphatic carboxylic acids is 1. The molecule has 1 N–H and O–H groups in total. The largest absolute Gasteiger partial charge is 0.481 e. The molecule has 1 unspecified atom stereocenters. The van der Waals surface area contributed by atoms with Crippen LogP contribution >= 0.6 is 0 Å². The van der Waals surface area contributed by atoms with Crippen molar-refractivity contribution in [2.45, 2.75) is 51.2 Å². The number of fused-ring (bicyclic) bond motifs is 3. The molecule has 7 nitrogen and oxygen atoms in total. The molecule has 34 heavy (non-hydrogen) atoms. The summed E-state index contributed by atoms with van der Waals surface area (Å²) in [6, 6.07) is 10.6. The predicted molar refractivity (Wildman–Crippen MR) is 126 cm³/mol. The highest BCUT2D eigenvalue weighted by molar-refractivity contribution is 5.84. The summed E-state index contributed by atoms with van der Waals surface area (Å²) in [4.78, 5) is 32.9. The summed E-state index contributed by atoms with van der Waals surface area (Å²) in [6.45, 7) is 3.08. The van der Waals surface area contributed by atoms with Gasteiger partial charge in [0, 0.05) is 49.4 Å². The quantitative estimate of drug-likeness (QED) is 0.580. The smallest absolute Gasteiger partial charge is 0.304 e. The Labute approximate surface area is 197 Å². The van der Waals surface area contributed by atoms with Gasteiger partial charge in [-0.1, -0.05) is 12.1 Å². The molecule has 0 saturated carbocycles. The van der Waals surface area contributed by atoms with Crippen molar-refractivity contribution in [3.63, 3.8) is 0 Å². The van der Waals surface area contributed by atoms with Crippen molar-refractivity contribution < 1.29 is 19.1 Å². The molecule has 0 aliphatic carbocycles. The molecule has 2 aliphatic heterocycles. The average Bonchev–Trinajstić information content (AvgIpc) is 3.39. The summed E-state index contributed by atoms with van der Waals surface area (Å²) >= 11 is 0. The van der Waals surface area contributed by atoms with Gasteiger partial charge in [-0.3, -0.25) is 14.5 Å². The van der Waals surface area contributed by atoms with Crippen molar-refractivity contribution in [1.29, 1.82) is 0 Å². The van der Waals surface area contributed by atoms with E-state index < -0.39 is 5.97 Å². The zero-order valence-corrected chi connectivity index (χ0v) is 19.1. The minimum Gasteiger partial charge on any atom is -0.481 e. The van der Waals surface area contributed by atoms with Crippen molar-refractivity contribution in [1.82, 2.24) is 19.4 Å². The van der Waals surface area contributed by atoms with E-state index in [0.717, 1.165) is 48.1 Å². The fraction of sp³-hybridized carbons (Fsp3) is 0.423. The summed E-state index contributed by atoms with van der Waals surface area (Å²) in [5.74, 6) is -0.968. The van der Waals surface area contributed by atoms with Gasteiger partial charge in [-0.15, -0.1) is 0 Å². The fourth-order valence-electron chi connectivity index (χ4n) is 5.48. The van der Waals surface area contributed by atoms with E-state index in [-0.39, 0.29) is 24.2 Å². The first-order valence-corrected chi connectivity index (χ1v) is 11.9. The molecule has 1 atom stereocenters. The number of hydrogen-bond donors (Lipinski definition) is 1. The lowest BCUT2D eigenvalue weighted by Crippen LogP contribution is -2.39. The maximum Gasteiger partial charge on any atom is 0.304 e. The summed E-state index contributed by atoms with van der Waals surface area (Å²) in [5.41, 5.74) is 3.99. The molecule has 1 saturated heterocycles. The van der Waals surface area contributed by atoms with Crippen molar-refractivity contribution in [2.75, 3.05) is 19.6 Å². The Hall–Kier alpha value is -3.26. The number of carbonyl (C=O) groups excluding carboxylic acids is 1. The highest BCUT2D eigenvalue weighted by atomic mass is 19.1. The number of likely N-dealkylation sites (tertiary alicyclic amines) is 1. The number of benzene rings is 1. The first kappa shape index (κ1) is 22.5. The molecule has 1 fully saturated rings. The fourth-order valence-corrected chi connectivity index (χ4v) is 5.48. The van der Waals surface area contributed by atoms with Crippen LogP contribution in [-0.4, -0.2) is 62.0 Å². The summed E-state index contributed by atoms with van der Waals surface area (Å²) in [5, 5.41) is 10.2. The molecule has 0 radical (unpaired) electrons. The van der Waals surface area contributed by atoms with Crippen molar-refractivity contribution >= 4 is 22.9 Å². The van der Waals surface area contributed by atoms with E-state index in [0.29, 0.717) is 32.6 Å². The molecule has 2 aromatic heterocycles. The first-order valence-electron chi connectivity index (χ1n) is 11.9. The third-order valence-electron chi connectivity index (χ3n) is 7.12. The summed E-state index contributed by atoms with van der Waals surface area (Å²) in [6.07, 6.45) is 4.89. The Bertz CT molecular complexity index is 1220. The Morgan fingerprint density at radius 3 is 2.88 bits per heavy atom. The van der Waals surface area contributed by atoms with Crippen LogP contribution in [0.4, 0.5) is 4.39 Å². The van der Waals surface area contributed by atoms with Gasteiger partial charge in [-0.05, 0) is 61.2 Å². The van der Waals surface area contributed by atoms with E-state index in [1.165, 1.54) is 17.7 Å². The van der Waals surface area contributed by atoms with Gasteiger partial charge < -0.3 is 14.6 Å². The number of aromatic nitrogens is 2. The minimum absolute atomic E-state index is 0.0260. The molecule has 0 bridgehead atoms. The Balaban J connectivity index is 1.34. The molecular weight excluding hydrogens is 435 g/mol. The number of carboxylic acid groups (broad SMARTS) is 1. The van der Waals surface area contributed by atoms with Crippen LogP contribution in [-0.2, 0) is 29.1 Å². The van der Waals surface area contributed by atoms with Crippen LogP contribution in [0.15, 0.2) is 42.6 Å². The summed E-state index contributed by atoms with van der Waals surface area (Å²) in [7, 11) is 0. The number of pyridine rings is 1. The van der Waals surface area contributed by atoms with Crippen LogP contribution < -0.4 is 0 Å². The maximum absolute atomic E-state index is 13.8. The third-order valence-corrected chi connectivity index (χ3v) is 7.12. The van der Waals surface area contributed by atoms with Crippen molar-refractivity contribution in [3.05, 3.63) is 65.2 Å². The van der Waals surface area contributed by atoms with Gasteiger partial charge in [0.05, 0.1) is 13.0 Å². The maximum atomic E-state index is 13.8. The summed E-state index contributed by atoms with van der Waals surface area (Å²) < 4.78 is 15.9. The highest BCUT2D eigenvalue weighted by Crippen LogP contribution is 2.31. The van der Waals surface area contributed by atoms with Crippen molar-refractivity contribution in [3.8, 4) is 0 Å². The molecule has 3 aromatic rings. The third kappa shape index (κ3) is 4.55. The van der Waals surface area contributed by atoms with E-state index in [4.69, 9.17) is 5.11 Å². The molecule has 8 heteroatoms. The topological polar surface area (TPSA) is 78.7 Å². The van der Waals surface area contributed by atoms with E-state index in [1.807, 2.05) is 17.0 Å². The lowest BCUT2D eigenvalue weighted by atomic mass is 10.0. The molecule has 4 heterocycles. The molecule has 1 aromatic carbocycles. The van der Waals surface area contributed by atoms with Crippen LogP contribution in [0.3, 0.4) is 0 Å². The van der Waals surface area contributed by atoms with Gasteiger partial charge in [0.15, 0.2) is 0 Å². The standard InChI is InChI=1S/C26H29FN4O3/c27-19-5-1-4-18(14-19)16-31-23-17-30(12-8-21(23)22-7-2-10-28-26(22)31)24(32)9-13-29-11-3-6-20(29)15-25(33)34/h1-2,4-5,7,10,14,20H,3,6,8-9,11-13,15-17H2,(H,33,34). The molecule has 2 aliphatic rings. The molecule has 0 spiro atoms. The Morgan fingerprint density at radius 2 is 2.06 bits per heavy atom. The van der Waals surface area contributed by atoms with E-state index in [2.05, 4.69) is 20.5 Å². The number of hydrogen-bond acceptors (Lipinski definition) is 4. The molecular formula is C26H29FN4O3. The van der Waals surface area contributed by atoms with Crippen LogP contribution in [0.5, 0.6) is 0 Å². The second-order valence-electron chi connectivity index (χ2n) is 9.26. The van der Waals surface area contributed by atoms with Gasteiger partial charge >= 0.3 is 5.97 Å². The van der Waals surface area contributed by atoms with Gasteiger partial charge in [-0.25, -0.2) is 9.37 Å². The average molecular weight is 465 g/mol. The highest BCUT2D eigenvalue weighted by Gasteiger charge is 2.30. The minimum atomic E-state index is -0.786. The Kier molecular flexibility index (Phi) is 6.32. The van der Waals surface area contributed by atoms with E-state index in [9.17, 15) is 14.0 Å². The molecule has 1 amide bonds. The monoisotopic (exact) mass is 464 g/mol. The van der Waals surface area contributed by atoms with Crippen LogP contribution in [0, 0.1) is 5.82 Å². The van der Waals surface area contributed by atoms with Gasteiger partial charge in [0.1, 0.15) is 11.5 Å². The number of rotatable bonds is 7. The van der Waals surface area contributed by atoms with Gasteiger partial charge in [0.2, 0.25) is 5.91 Å². The Morgan fingerprint density at radius 1 is 1.18 bits per heavy atom. The van der Waals surface area contributed by atoms with Crippen molar-refractivity contribution in [2.24, 2.45) is 0 Å². The molecule has 178 valence electrons. The van der Waals surface area contributed by atoms with Gasteiger partial charge in [-0.2, -0.15) is 0 Å². The normalized spacial score (nSPS) is 18.4. The first-order chi connectivity index (χ1) is 16.5. The number of carbonyl (C=O) groups is 2. The zero-order chi connectivity index (χ0) is 23.7. The van der Waals surface area contributed by atoms with Crippen LogP contribution in [0.2, 0.25) is 0 Å². The number of nitrogens with zero attached hydrogens (tertiary/aromatic N) is 4. The van der Waals surface area contributed by atoms with E-state index in [1.54, 1.807) is 12.3 Å². The molecule has 5 rings (SSSR count). The second-order valence-corrected chi connectivity index (χ2v) is 9.26. The predicted octanol–water partition coefficient (Wildman–Crippen LogP) is 3.44. The van der Waals surface area contributed by atoms with Crippen LogP contribution in [0.25, 0.3) is 11.0 Å². The second kappa shape index (κ2) is 9.54. The SMILES string of the molecule is O=C(O)CC1CCCN1CCC(=O)N1CCc2c(n(Cc3cccc(F)c3)c3ncccc23)C1. The lowest BCUT2D eigenvalue weighted by Gasteiger charge is -2.30.